The number of benzene rings is 3. The summed E-state index contributed by atoms with van der Waals surface area (Å²) in [6.45, 7) is 7.28. The maximum atomic E-state index is 13.6. The molecule has 5 rings (SSSR count). The average molecular weight is 556 g/mol. The van der Waals surface area contributed by atoms with Crippen LogP contribution >= 0.6 is 0 Å². The topological polar surface area (TPSA) is 85.3 Å². The first-order valence-electron chi connectivity index (χ1n) is 14.4. The van der Waals surface area contributed by atoms with E-state index in [1.54, 1.807) is 11.0 Å². The van der Waals surface area contributed by atoms with Gasteiger partial charge in [0.1, 0.15) is 17.6 Å². The fourth-order valence-corrected chi connectivity index (χ4v) is 5.49. The summed E-state index contributed by atoms with van der Waals surface area (Å²) >= 11 is 0. The summed E-state index contributed by atoms with van der Waals surface area (Å²) in [7, 11) is 0. The lowest BCUT2D eigenvalue weighted by molar-refractivity contribution is -0.139. The third-order valence-electron chi connectivity index (χ3n) is 7.53. The molecule has 0 saturated carbocycles. The standard InChI is InChI=1S/C34H37NO6/c1-4-6-18-40-28-15-12-24(21-29(28)39-5-2)31-30(32(36)25-13-14-27-26(20-25)19-22(3)41-27)33(37)34(38)35(31)17-16-23-10-8-7-9-11-23/h7-15,20-22,31,36H,4-6,16-19H2,1-3H3/t22-,31+/m0/s1. The minimum absolute atomic E-state index is 0.0426. The van der Waals surface area contributed by atoms with E-state index >= 15 is 0 Å². The van der Waals surface area contributed by atoms with Gasteiger partial charge in [0.25, 0.3) is 11.7 Å². The highest BCUT2D eigenvalue weighted by Gasteiger charge is 2.46. The molecule has 0 spiro atoms. The van der Waals surface area contributed by atoms with E-state index in [1.807, 2.05) is 74.5 Å². The Labute approximate surface area is 241 Å². The number of Topliss-reactive ketones (excluding diaryl/α,β-unsaturated/α-hetero) is 1. The first-order chi connectivity index (χ1) is 19.9. The maximum Gasteiger partial charge on any atom is 0.295 e. The first-order valence-corrected chi connectivity index (χ1v) is 14.4. The maximum absolute atomic E-state index is 13.6. The number of aliphatic hydroxyl groups excluding tert-OH is 1. The largest absolute Gasteiger partial charge is 0.507 e. The van der Waals surface area contributed by atoms with Crippen LogP contribution in [0, 0.1) is 0 Å². The molecule has 1 saturated heterocycles. The second kappa shape index (κ2) is 12.5. The van der Waals surface area contributed by atoms with Gasteiger partial charge in [-0.2, -0.15) is 0 Å². The van der Waals surface area contributed by atoms with E-state index in [1.165, 1.54) is 0 Å². The van der Waals surface area contributed by atoms with Crippen molar-refractivity contribution in [2.45, 2.75) is 58.6 Å². The molecule has 0 radical (unpaired) electrons. The molecule has 214 valence electrons. The van der Waals surface area contributed by atoms with Crippen LogP contribution in [-0.2, 0) is 22.4 Å². The highest BCUT2D eigenvalue weighted by molar-refractivity contribution is 6.46. The Morgan fingerprint density at radius 3 is 2.56 bits per heavy atom. The molecule has 3 aromatic rings. The van der Waals surface area contributed by atoms with Crippen LogP contribution in [-0.4, -0.2) is 47.6 Å². The van der Waals surface area contributed by atoms with Gasteiger partial charge in [0, 0.05) is 18.5 Å². The lowest BCUT2D eigenvalue weighted by atomic mass is 9.94. The Bertz CT molecular complexity index is 1450. The van der Waals surface area contributed by atoms with Crippen LogP contribution in [0.4, 0.5) is 0 Å². The molecule has 0 aliphatic carbocycles. The number of fused-ring (bicyclic) bond motifs is 1. The number of rotatable bonds is 11. The van der Waals surface area contributed by atoms with Crippen molar-refractivity contribution in [1.29, 1.82) is 0 Å². The summed E-state index contributed by atoms with van der Waals surface area (Å²) in [5.74, 6) is 0.392. The minimum Gasteiger partial charge on any atom is -0.507 e. The summed E-state index contributed by atoms with van der Waals surface area (Å²) in [6, 6.07) is 19.9. The molecule has 1 amide bonds. The lowest BCUT2D eigenvalue weighted by Crippen LogP contribution is -2.31. The molecule has 7 heteroatoms. The van der Waals surface area contributed by atoms with Crippen molar-refractivity contribution >= 4 is 17.4 Å². The van der Waals surface area contributed by atoms with Crippen molar-refractivity contribution in [2.75, 3.05) is 19.8 Å². The molecule has 2 aliphatic rings. The zero-order valence-electron chi connectivity index (χ0n) is 23.9. The number of aliphatic hydroxyl groups is 1. The average Bonchev–Trinajstić information content (AvgIpc) is 3.48. The molecule has 2 aliphatic heterocycles. The first kappa shape index (κ1) is 28.3. The van der Waals surface area contributed by atoms with Gasteiger partial charge in [-0.1, -0.05) is 49.7 Å². The van der Waals surface area contributed by atoms with Gasteiger partial charge >= 0.3 is 0 Å². The highest BCUT2D eigenvalue weighted by Crippen LogP contribution is 2.43. The number of hydrogen-bond donors (Lipinski definition) is 1. The number of likely N-dealkylation sites (tertiary alicyclic amines) is 1. The normalized spacial score (nSPS) is 19.2. The van der Waals surface area contributed by atoms with Crippen molar-refractivity contribution in [3.8, 4) is 17.2 Å². The van der Waals surface area contributed by atoms with Gasteiger partial charge < -0.3 is 24.2 Å². The van der Waals surface area contributed by atoms with Crippen molar-refractivity contribution in [1.82, 2.24) is 4.90 Å². The number of unbranched alkanes of at least 4 members (excludes halogenated alkanes) is 1. The number of carbonyl (C=O) groups is 2. The van der Waals surface area contributed by atoms with Crippen LogP contribution in [0.15, 0.2) is 72.3 Å². The van der Waals surface area contributed by atoms with Crippen molar-refractivity contribution in [3.05, 3.63) is 94.6 Å². The van der Waals surface area contributed by atoms with Crippen molar-refractivity contribution in [2.24, 2.45) is 0 Å². The monoisotopic (exact) mass is 555 g/mol. The van der Waals surface area contributed by atoms with Crippen LogP contribution in [0.3, 0.4) is 0 Å². The molecule has 7 nitrogen and oxygen atoms in total. The van der Waals surface area contributed by atoms with Crippen molar-refractivity contribution < 1.29 is 28.9 Å². The zero-order chi connectivity index (χ0) is 28.9. The third kappa shape index (κ3) is 5.94. The number of carbonyl (C=O) groups excluding carboxylic acids is 2. The molecule has 41 heavy (non-hydrogen) atoms. The molecular formula is C34H37NO6. The predicted octanol–water partition coefficient (Wildman–Crippen LogP) is 6.25. The molecule has 3 aromatic carbocycles. The van der Waals surface area contributed by atoms with E-state index < -0.39 is 17.7 Å². The summed E-state index contributed by atoms with van der Waals surface area (Å²) in [5.41, 5.74) is 3.23. The van der Waals surface area contributed by atoms with E-state index in [2.05, 4.69) is 6.92 Å². The van der Waals surface area contributed by atoms with Crippen LogP contribution in [0.2, 0.25) is 0 Å². The molecule has 2 atom stereocenters. The molecular weight excluding hydrogens is 518 g/mol. The zero-order valence-corrected chi connectivity index (χ0v) is 23.9. The lowest BCUT2D eigenvalue weighted by Gasteiger charge is -2.26. The third-order valence-corrected chi connectivity index (χ3v) is 7.53. The Morgan fingerprint density at radius 1 is 1.00 bits per heavy atom. The number of hydrogen-bond acceptors (Lipinski definition) is 6. The fourth-order valence-electron chi connectivity index (χ4n) is 5.49. The molecule has 0 unspecified atom stereocenters. The van der Waals surface area contributed by atoms with Crippen LogP contribution in [0.25, 0.3) is 5.76 Å². The van der Waals surface area contributed by atoms with Crippen LogP contribution in [0.1, 0.15) is 61.9 Å². The van der Waals surface area contributed by atoms with E-state index in [0.717, 1.165) is 29.7 Å². The molecule has 1 N–H and O–H groups in total. The summed E-state index contributed by atoms with van der Waals surface area (Å²) in [5, 5.41) is 11.6. The number of amides is 1. The molecule has 2 heterocycles. The van der Waals surface area contributed by atoms with Crippen LogP contribution in [0.5, 0.6) is 17.2 Å². The Morgan fingerprint density at radius 2 is 1.80 bits per heavy atom. The van der Waals surface area contributed by atoms with E-state index in [4.69, 9.17) is 14.2 Å². The van der Waals surface area contributed by atoms with Gasteiger partial charge in [0.15, 0.2) is 11.5 Å². The molecule has 0 aromatic heterocycles. The fraction of sp³-hybridized carbons (Fsp3) is 0.353. The van der Waals surface area contributed by atoms with Gasteiger partial charge in [0.2, 0.25) is 0 Å². The Balaban J connectivity index is 1.58. The molecule has 0 bridgehead atoms. The second-order valence-corrected chi connectivity index (χ2v) is 10.5. The summed E-state index contributed by atoms with van der Waals surface area (Å²) < 4.78 is 17.7. The summed E-state index contributed by atoms with van der Waals surface area (Å²) in [6.07, 6.45) is 3.24. The molecule has 1 fully saturated rings. The SMILES string of the molecule is CCCCOc1ccc([C@@H]2C(=C(O)c3ccc4c(c3)C[C@H](C)O4)C(=O)C(=O)N2CCc2ccccc2)cc1OCC. The number of nitrogens with zero attached hydrogens (tertiary/aromatic N) is 1. The number of ketones is 1. The Kier molecular flexibility index (Phi) is 8.62. The van der Waals surface area contributed by atoms with Gasteiger partial charge in [-0.05, 0) is 73.7 Å². The van der Waals surface area contributed by atoms with E-state index in [9.17, 15) is 14.7 Å². The quantitative estimate of drug-likeness (QED) is 0.130. The highest BCUT2D eigenvalue weighted by atomic mass is 16.5. The Hall–Kier alpha value is -4.26. The van der Waals surface area contributed by atoms with Gasteiger partial charge in [-0.3, -0.25) is 9.59 Å². The van der Waals surface area contributed by atoms with Crippen LogP contribution < -0.4 is 14.2 Å². The van der Waals surface area contributed by atoms with Gasteiger partial charge in [-0.15, -0.1) is 0 Å². The van der Waals surface area contributed by atoms with Crippen molar-refractivity contribution in [3.63, 3.8) is 0 Å². The smallest absolute Gasteiger partial charge is 0.295 e. The minimum atomic E-state index is -0.786. The van der Waals surface area contributed by atoms with E-state index in [0.29, 0.717) is 55.2 Å². The summed E-state index contributed by atoms with van der Waals surface area (Å²) in [4.78, 5) is 28.6. The van der Waals surface area contributed by atoms with E-state index in [-0.39, 0.29) is 17.4 Å². The van der Waals surface area contributed by atoms with Gasteiger partial charge in [0.05, 0.1) is 24.8 Å². The second-order valence-electron chi connectivity index (χ2n) is 10.5. The number of ether oxygens (including phenoxy) is 3. The van der Waals surface area contributed by atoms with Gasteiger partial charge in [-0.25, -0.2) is 0 Å². The predicted molar refractivity (Wildman–Crippen MR) is 157 cm³/mol.